The molecule has 2 aromatic carbocycles. The fourth-order valence-corrected chi connectivity index (χ4v) is 3.73. The minimum atomic E-state index is -0.260. The largest absolute Gasteiger partial charge is 0.487 e. The highest BCUT2D eigenvalue weighted by atomic mass is 35.5. The van der Waals surface area contributed by atoms with E-state index in [1.807, 2.05) is 23.6 Å². The summed E-state index contributed by atoms with van der Waals surface area (Å²) in [4.78, 5) is 5.66. The van der Waals surface area contributed by atoms with Crippen LogP contribution in [0.25, 0.3) is 0 Å². The van der Waals surface area contributed by atoms with E-state index in [4.69, 9.17) is 44.4 Å². The normalized spacial score (nSPS) is 19.9. The first-order valence-corrected chi connectivity index (χ1v) is 9.61. The van der Waals surface area contributed by atoms with Gasteiger partial charge < -0.3 is 14.1 Å². The van der Waals surface area contributed by atoms with Crippen molar-refractivity contribution >= 4 is 40.5 Å². The number of hydrogen-bond donors (Lipinski definition) is 0. The van der Waals surface area contributed by atoms with E-state index >= 15 is 0 Å². The van der Waals surface area contributed by atoms with Gasteiger partial charge in [-0.1, -0.05) is 46.0 Å². The van der Waals surface area contributed by atoms with Crippen LogP contribution in [0.15, 0.2) is 54.2 Å². The summed E-state index contributed by atoms with van der Waals surface area (Å²) < 4.78 is 7.88. The van der Waals surface area contributed by atoms with Crippen LogP contribution >= 0.6 is 34.8 Å². The predicted octanol–water partition coefficient (Wildman–Crippen LogP) is 5.18. The smallest absolute Gasteiger partial charge is 0.143 e. The molecule has 1 aliphatic heterocycles. The van der Waals surface area contributed by atoms with E-state index in [1.54, 1.807) is 36.9 Å². The maximum absolute atomic E-state index is 6.21. The molecule has 0 bridgehead atoms. The first kappa shape index (κ1) is 19.1. The molecule has 1 aliphatic rings. The molecule has 0 amide bonds. The Hall–Kier alpha value is -2.28. The van der Waals surface area contributed by atoms with Crippen molar-refractivity contribution in [3.63, 3.8) is 0 Å². The van der Waals surface area contributed by atoms with Crippen LogP contribution in [-0.4, -0.2) is 26.6 Å². The Labute approximate surface area is 176 Å². The molecule has 3 aromatic rings. The second-order valence-corrected chi connectivity index (χ2v) is 7.58. The number of benzene rings is 2. The fraction of sp³-hybridized carbons (Fsp3) is 0.211. The summed E-state index contributed by atoms with van der Waals surface area (Å²) in [7, 11) is 0. The molecule has 2 atom stereocenters. The zero-order chi connectivity index (χ0) is 19.7. The highest BCUT2D eigenvalue weighted by Crippen LogP contribution is 2.36. The van der Waals surface area contributed by atoms with E-state index < -0.39 is 0 Å². The Kier molecular flexibility index (Phi) is 5.44. The van der Waals surface area contributed by atoms with Crippen LogP contribution in [0.2, 0.25) is 15.1 Å². The quantitative estimate of drug-likeness (QED) is 0.528. The SMILES string of the molecule is C[C@@H]1Oc2cc(Cl)ccc2/C(=N/OCc2ccc(Cl)cc2Cl)[C@@H]1n1cnnc1. The molecule has 28 heavy (non-hydrogen) atoms. The number of halogens is 3. The highest BCUT2D eigenvalue weighted by molar-refractivity contribution is 6.35. The van der Waals surface area contributed by atoms with Crippen molar-refractivity contribution in [1.29, 1.82) is 0 Å². The van der Waals surface area contributed by atoms with Crippen LogP contribution < -0.4 is 4.74 Å². The van der Waals surface area contributed by atoms with Gasteiger partial charge in [-0.3, -0.25) is 0 Å². The molecule has 6 nitrogen and oxygen atoms in total. The van der Waals surface area contributed by atoms with E-state index in [0.29, 0.717) is 26.5 Å². The van der Waals surface area contributed by atoms with Gasteiger partial charge in [0, 0.05) is 26.2 Å². The molecule has 0 spiro atoms. The summed E-state index contributed by atoms with van der Waals surface area (Å²) >= 11 is 18.3. The van der Waals surface area contributed by atoms with Gasteiger partial charge in [-0.05, 0) is 37.3 Å². The van der Waals surface area contributed by atoms with E-state index in [0.717, 1.165) is 11.1 Å². The molecule has 2 heterocycles. The molecular formula is C19H15Cl3N4O2. The number of oxime groups is 1. The van der Waals surface area contributed by atoms with Crippen LogP contribution in [0.5, 0.6) is 5.75 Å². The third-order valence-electron chi connectivity index (χ3n) is 4.41. The molecule has 0 saturated carbocycles. The Morgan fingerprint density at radius 3 is 2.54 bits per heavy atom. The first-order chi connectivity index (χ1) is 13.5. The second kappa shape index (κ2) is 7.99. The van der Waals surface area contributed by atoms with Crippen molar-refractivity contribution < 1.29 is 9.57 Å². The number of hydrogen-bond acceptors (Lipinski definition) is 5. The van der Waals surface area contributed by atoms with Crippen molar-refractivity contribution in [3.05, 3.63) is 75.2 Å². The maximum Gasteiger partial charge on any atom is 0.143 e. The fourth-order valence-electron chi connectivity index (χ4n) is 3.10. The van der Waals surface area contributed by atoms with E-state index in [2.05, 4.69) is 15.4 Å². The minimum absolute atomic E-state index is 0.201. The Morgan fingerprint density at radius 1 is 1.07 bits per heavy atom. The molecule has 0 unspecified atom stereocenters. The molecule has 0 N–H and O–H groups in total. The predicted molar refractivity (Wildman–Crippen MR) is 108 cm³/mol. The van der Waals surface area contributed by atoms with Crippen molar-refractivity contribution in [2.24, 2.45) is 5.16 Å². The zero-order valence-electron chi connectivity index (χ0n) is 14.7. The molecule has 0 fully saturated rings. The number of ether oxygens (including phenoxy) is 1. The van der Waals surface area contributed by atoms with Gasteiger partial charge in [-0.25, -0.2) is 0 Å². The van der Waals surface area contributed by atoms with Gasteiger partial charge in [0.15, 0.2) is 0 Å². The van der Waals surface area contributed by atoms with Crippen molar-refractivity contribution in [2.75, 3.05) is 0 Å². The average Bonchev–Trinajstić information content (AvgIpc) is 3.17. The Morgan fingerprint density at radius 2 is 1.79 bits per heavy atom. The lowest BCUT2D eigenvalue weighted by molar-refractivity contribution is 0.122. The standard InChI is InChI=1S/C19H15Cl3N4O2/c1-11-19(26-9-23-24-10-26)18(15-5-4-14(21)7-17(15)28-11)25-27-8-12-2-3-13(20)6-16(12)22/h2-7,9-11,19H,8H2,1H3/b25-18-/t11-,19+/m0/s1. The summed E-state index contributed by atoms with van der Waals surface area (Å²) in [6.45, 7) is 2.15. The molecule has 0 radical (unpaired) electrons. The van der Waals surface area contributed by atoms with Gasteiger partial charge in [-0.15, -0.1) is 10.2 Å². The summed E-state index contributed by atoms with van der Waals surface area (Å²) in [6.07, 6.45) is 3.01. The van der Waals surface area contributed by atoms with Crippen LogP contribution in [0, 0.1) is 0 Å². The lowest BCUT2D eigenvalue weighted by atomic mass is 9.95. The minimum Gasteiger partial charge on any atom is -0.487 e. The van der Waals surface area contributed by atoms with Gasteiger partial charge in [0.2, 0.25) is 0 Å². The maximum atomic E-state index is 6.21. The van der Waals surface area contributed by atoms with Gasteiger partial charge in [0.25, 0.3) is 0 Å². The molecule has 4 rings (SSSR count). The average molecular weight is 438 g/mol. The van der Waals surface area contributed by atoms with E-state index in [1.165, 1.54) is 0 Å². The van der Waals surface area contributed by atoms with Gasteiger partial charge in [0.1, 0.15) is 42.9 Å². The molecular weight excluding hydrogens is 423 g/mol. The summed E-state index contributed by atoms with van der Waals surface area (Å²) in [5.74, 6) is 0.649. The molecule has 9 heteroatoms. The summed E-state index contributed by atoms with van der Waals surface area (Å²) in [5.41, 5.74) is 2.27. The van der Waals surface area contributed by atoms with Gasteiger partial charge >= 0.3 is 0 Å². The number of rotatable bonds is 4. The highest BCUT2D eigenvalue weighted by Gasteiger charge is 2.35. The number of aromatic nitrogens is 3. The molecule has 0 saturated heterocycles. The van der Waals surface area contributed by atoms with Crippen LogP contribution in [0.3, 0.4) is 0 Å². The van der Waals surface area contributed by atoms with Crippen molar-refractivity contribution in [3.8, 4) is 5.75 Å². The lowest BCUT2D eigenvalue weighted by Gasteiger charge is -2.32. The Balaban J connectivity index is 1.68. The zero-order valence-corrected chi connectivity index (χ0v) is 17.0. The molecule has 0 aliphatic carbocycles. The first-order valence-electron chi connectivity index (χ1n) is 8.47. The van der Waals surface area contributed by atoms with Crippen molar-refractivity contribution in [1.82, 2.24) is 14.8 Å². The number of fused-ring (bicyclic) bond motifs is 1. The van der Waals surface area contributed by atoms with E-state index in [-0.39, 0.29) is 18.8 Å². The van der Waals surface area contributed by atoms with Crippen LogP contribution in [0.1, 0.15) is 24.1 Å². The molecule has 1 aromatic heterocycles. The van der Waals surface area contributed by atoms with Crippen molar-refractivity contribution in [2.45, 2.75) is 25.7 Å². The van der Waals surface area contributed by atoms with Gasteiger partial charge in [-0.2, -0.15) is 0 Å². The van der Waals surface area contributed by atoms with E-state index in [9.17, 15) is 0 Å². The van der Waals surface area contributed by atoms with Crippen LogP contribution in [0.4, 0.5) is 0 Å². The topological polar surface area (TPSA) is 61.5 Å². The third kappa shape index (κ3) is 3.81. The molecule has 144 valence electrons. The number of nitrogens with zero attached hydrogens (tertiary/aromatic N) is 4. The van der Waals surface area contributed by atoms with Gasteiger partial charge in [0.05, 0.1) is 0 Å². The second-order valence-electron chi connectivity index (χ2n) is 6.30. The monoisotopic (exact) mass is 436 g/mol. The lowest BCUT2D eigenvalue weighted by Crippen LogP contribution is -2.37. The third-order valence-corrected chi connectivity index (χ3v) is 5.24. The van der Waals surface area contributed by atoms with Crippen LogP contribution in [-0.2, 0) is 11.4 Å². The summed E-state index contributed by atoms with van der Waals surface area (Å²) in [6, 6.07) is 10.4. The summed E-state index contributed by atoms with van der Waals surface area (Å²) in [5, 5.41) is 13.9. The Bertz CT molecular complexity index is 1020.